The number of thioether (sulfide) groups is 1. The molecule has 0 unspecified atom stereocenters. The number of rotatable bonds is 7. The van der Waals surface area contributed by atoms with Gasteiger partial charge < -0.3 is 11.1 Å². The predicted molar refractivity (Wildman–Crippen MR) is 76.9 cm³/mol. The van der Waals surface area contributed by atoms with Gasteiger partial charge in [0.05, 0.1) is 0 Å². The number of ketones is 1. The minimum atomic E-state index is -0.00724. The molecular formula is C13H18N2OS. The second-order valence-corrected chi connectivity index (χ2v) is 4.80. The summed E-state index contributed by atoms with van der Waals surface area (Å²) in [5.41, 5.74) is 7.76. The van der Waals surface area contributed by atoms with Crippen LogP contribution >= 0.6 is 11.8 Å². The molecule has 1 rings (SSSR count). The normalized spacial score (nSPS) is 9.94. The third-order valence-corrected chi connectivity index (χ3v) is 3.21. The Morgan fingerprint density at radius 1 is 1.59 bits per heavy atom. The van der Waals surface area contributed by atoms with E-state index in [1.165, 1.54) is 6.92 Å². The first-order valence-corrected chi connectivity index (χ1v) is 6.63. The van der Waals surface area contributed by atoms with Crippen LogP contribution in [-0.2, 0) is 0 Å². The maximum Gasteiger partial charge on any atom is 0.161 e. The van der Waals surface area contributed by atoms with Gasteiger partial charge in [0.25, 0.3) is 0 Å². The van der Waals surface area contributed by atoms with Crippen LogP contribution in [0, 0.1) is 0 Å². The monoisotopic (exact) mass is 250 g/mol. The van der Waals surface area contributed by atoms with E-state index in [9.17, 15) is 4.79 Å². The average molecular weight is 250 g/mol. The van der Waals surface area contributed by atoms with Gasteiger partial charge in [0, 0.05) is 35.0 Å². The van der Waals surface area contributed by atoms with E-state index in [1.807, 2.05) is 23.9 Å². The molecule has 0 fully saturated rings. The second kappa shape index (κ2) is 7.01. The highest BCUT2D eigenvalue weighted by molar-refractivity contribution is 7.99. The topological polar surface area (TPSA) is 55.1 Å². The van der Waals surface area contributed by atoms with Crippen molar-refractivity contribution < 1.29 is 4.79 Å². The Morgan fingerprint density at radius 2 is 2.35 bits per heavy atom. The van der Waals surface area contributed by atoms with E-state index in [0.717, 1.165) is 23.7 Å². The molecule has 3 nitrogen and oxygen atoms in total. The highest BCUT2D eigenvalue weighted by Crippen LogP contribution is 2.18. The summed E-state index contributed by atoms with van der Waals surface area (Å²) >= 11 is 1.81. The quantitative estimate of drug-likeness (QED) is 0.338. The minimum absolute atomic E-state index is 0.00724. The lowest BCUT2D eigenvalue weighted by molar-refractivity contribution is 0.101. The molecule has 0 saturated carbocycles. The molecule has 4 heteroatoms. The van der Waals surface area contributed by atoms with Crippen molar-refractivity contribution in [2.75, 3.05) is 29.1 Å². The van der Waals surface area contributed by atoms with Crippen molar-refractivity contribution >= 4 is 28.9 Å². The lowest BCUT2D eigenvalue weighted by atomic mass is 10.1. The SMILES string of the molecule is C=CCSCCNc1ccc(N)c(C(C)=O)c1. The van der Waals surface area contributed by atoms with E-state index < -0.39 is 0 Å². The second-order valence-electron chi connectivity index (χ2n) is 3.65. The van der Waals surface area contributed by atoms with E-state index >= 15 is 0 Å². The van der Waals surface area contributed by atoms with Crippen LogP contribution in [0.5, 0.6) is 0 Å². The van der Waals surface area contributed by atoms with Crippen molar-refractivity contribution in [1.82, 2.24) is 0 Å². The summed E-state index contributed by atoms with van der Waals surface area (Å²) < 4.78 is 0. The number of hydrogen-bond acceptors (Lipinski definition) is 4. The van der Waals surface area contributed by atoms with Gasteiger partial charge in [-0.2, -0.15) is 11.8 Å². The smallest absolute Gasteiger partial charge is 0.161 e. The molecule has 0 atom stereocenters. The molecule has 17 heavy (non-hydrogen) atoms. The molecule has 1 aromatic rings. The Bertz CT molecular complexity index is 404. The number of anilines is 2. The molecule has 3 N–H and O–H groups in total. The largest absolute Gasteiger partial charge is 0.398 e. The van der Waals surface area contributed by atoms with Gasteiger partial charge in [-0.15, -0.1) is 6.58 Å². The van der Waals surface area contributed by atoms with E-state index in [4.69, 9.17) is 5.73 Å². The highest BCUT2D eigenvalue weighted by Gasteiger charge is 2.05. The molecule has 0 spiro atoms. The van der Waals surface area contributed by atoms with Gasteiger partial charge in [-0.25, -0.2) is 0 Å². The van der Waals surface area contributed by atoms with E-state index in [0.29, 0.717) is 11.3 Å². The van der Waals surface area contributed by atoms with Crippen LogP contribution in [0.3, 0.4) is 0 Å². The fourth-order valence-corrected chi connectivity index (χ4v) is 1.99. The summed E-state index contributed by atoms with van der Waals surface area (Å²) in [6.45, 7) is 6.05. The number of nitrogens with one attached hydrogen (secondary N) is 1. The lowest BCUT2D eigenvalue weighted by Crippen LogP contribution is -2.06. The first-order chi connectivity index (χ1) is 8.15. The van der Waals surface area contributed by atoms with Crippen molar-refractivity contribution in [2.45, 2.75) is 6.92 Å². The molecule has 1 aromatic carbocycles. The van der Waals surface area contributed by atoms with Crippen LogP contribution in [-0.4, -0.2) is 23.8 Å². The van der Waals surface area contributed by atoms with Crippen LogP contribution in [0.15, 0.2) is 30.9 Å². The molecule has 0 aliphatic rings. The molecule has 0 amide bonds. The molecule has 0 heterocycles. The van der Waals surface area contributed by atoms with Gasteiger partial charge in [0.2, 0.25) is 0 Å². The highest BCUT2D eigenvalue weighted by atomic mass is 32.2. The maximum absolute atomic E-state index is 11.3. The maximum atomic E-state index is 11.3. The summed E-state index contributed by atoms with van der Waals surface area (Å²) in [6.07, 6.45) is 1.89. The Kier molecular flexibility index (Phi) is 5.63. The number of Topliss-reactive ketones (excluding diaryl/α,β-unsaturated/α-hetero) is 1. The standard InChI is InChI=1S/C13H18N2OS/c1-3-7-17-8-6-15-11-4-5-13(14)12(9-11)10(2)16/h3-5,9,15H,1,6-8,14H2,2H3. The number of hydrogen-bond donors (Lipinski definition) is 2. The van der Waals surface area contributed by atoms with E-state index in [-0.39, 0.29) is 5.78 Å². The minimum Gasteiger partial charge on any atom is -0.398 e. The molecule has 0 aliphatic carbocycles. The van der Waals surface area contributed by atoms with Crippen molar-refractivity contribution in [2.24, 2.45) is 0 Å². The van der Waals surface area contributed by atoms with Crippen molar-refractivity contribution in [1.29, 1.82) is 0 Å². The Morgan fingerprint density at radius 3 is 3.00 bits per heavy atom. The Labute approximate surface area is 106 Å². The molecule has 92 valence electrons. The number of benzene rings is 1. The Balaban J connectivity index is 2.51. The van der Waals surface area contributed by atoms with Gasteiger partial charge >= 0.3 is 0 Å². The van der Waals surface area contributed by atoms with Crippen LogP contribution < -0.4 is 11.1 Å². The predicted octanol–water partition coefficient (Wildman–Crippen LogP) is 2.80. The summed E-state index contributed by atoms with van der Waals surface area (Å²) in [7, 11) is 0. The summed E-state index contributed by atoms with van der Waals surface area (Å²) in [6, 6.07) is 5.45. The fraction of sp³-hybridized carbons (Fsp3) is 0.308. The Hall–Kier alpha value is -1.42. The average Bonchev–Trinajstić information content (AvgIpc) is 2.30. The third kappa shape index (κ3) is 4.53. The van der Waals surface area contributed by atoms with Gasteiger partial charge in [0.1, 0.15) is 0 Å². The number of nitrogens with two attached hydrogens (primary N) is 1. The van der Waals surface area contributed by atoms with Crippen molar-refractivity contribution in [3.63, 3.8) is 0 Å². The number of carbonyl (C=O) groups is 1. The van der Waals surface area contributed by atoms with Crippen molar-refractivity contribution in [3.8, 4) is 0 Å². The molecular weight excluding hydrogens is 232 g/mol. The first-order valence-electron chi connectivity index (χ1n) is 5.48. The zero-order chi connectivity index (χ0) is 12.7. The van der Waals surface area contributed by atoms with Crippen LogP contribution in [0.4, 0.5) is 11.4 Å². The molecule has 0 aromatic heterocycles. The van der Waals surface area contributed by atoms with Gasteiger partial charge in [0.15, 0.2) is 5.78 Å². The fourth-order valence-electron chi connectivity index (χ4n) is 1.41. The van der Waals surface area contributed by atoms with Crippen LogP contribution in [0.25, 0.3) is 0 Å². The van der Waals surface area contributed by atoms with E-state index in [1.54, 1.807) is 12.1 Å². The summed E-state index contributed by atoms with van der Waals surface area (Å²) in [5.74, 6) is 1.96. The lowest BCUT2D eigenvalue weighted by Gasteiger charge is -2.08. The van der Waals surface area contributed by atoms with Gasteiger partial charge in [-0.05, 0) is 25.1 Å². The molecule has 0 aliphatic heterocycles. The molecule has 0 bridgehead atoms. The zero-order valence-corrected chi connectivity index (χ0v) is 10.8. The zero-order valence-electron chi connectivity index (χ0n) is 10.0. The number of carbonyl (C=O) groups excluding carboxylic acids is 1. The van der Waals surface area contributed by atoms with E-state index in [2.05, 4.69) is 11.9 Å². The summed E-state index contributed by atoms with van der Waals surface area (Å²) in [4.78, 5) is 11.3. The van der Waals surface area contributed by atoms with Crippen LogP contribution in [0.1, 0.15) is 17.3 Å². The first kappa shape index (κ1) is 13.6. The molecule has 0 saturated heterocycles. The van der Waals surface area contributed by atoms with Crippen LogP contribution in [0.2, 0.25) is 0 Å². The summed E-state index contributed by atoms with van der Waals surface area (Å²) in [5, 5.41) is 3.26. The van der Waals surface area contributed by atoms with Crippen molar-refractivity contribution in [3.05, 3.63) is 36.4 Å². The third-order valence-electron chi connectivity index (χ3n) is 2.24. The molecule has 0 radical (unpaired) electrons. The van der Waals surface area contributed by atoms with Gasteiger partial charge in [-0.3, -0.25) is 4.79 Å². The van der Waals surface area contributed by atoms with Gasteiger partial charge in [-0.1, -0.05) is 6.08 Å². The number of nitrogen functional groups attached to an aromatic ring is 1.